The maximum absolute atomic E-state index is 12.7. The zero-order chi connectivity index (χ0) is 20.2. The summed E-state index contributed by atoms with van der Waals surface area (Å²) in [4.78, 5) is 12.0. The van der Waals surface area contributed by atoms with E-state index in [9.17, 15) is 13.2 Å². The van der Waals surface area contributed by atoms with Gasteiger partial charge in [0.25, 0.3) is 5.91 Å². The molecule has 1 aliphatic heterocycles. The Morgan fingerprint density at radius 2 is 1.71 bits per heavy atom. The van der Waals surface area contributed by atoms with Crippen molar-refractivity contribution in [2.24, 2.45) is 0 Å². The van der Waals surface area contributed by atoms with Crippen molar-refractivity contribution in [1.29, 1.82) is 0 Å². The lowest BCUT2D eigenvalue weighted by Gasteiger charge is -2.35. The van der Waals surface area contributed by atoms with Crippen molar-refractivity contribution in [3.63, 3.8) is 0 Å². The van der Waals surface area contributed by atoms with Crippen LogP contribution in [-0.2, 0) is 19.6 Å². The molecule has 10 heteroatoms. The molecule has 1 aliphatic rings. The van der Waals surface area contributed by atoms with E-state index in [-0.39, 0.29) is 17.9 Å². The van der Waals surface area contributed by atoms with Gasteiger partial charge in [0.2, 0.25) is 10.0 Å². The van der Waals surface area contributed by atoms with Gasteiger partial charge < -0.3 is 9.47 Å². The lowest BCUT2D eigenvalue weighted by molar-refractivity contribution is -0.140. The molecular weight excluding hydrogens is 408 g/mol. The minimum absolute atomic E-state index is 0.0494. The van der Waals surface area contributed by atoms with E-state index in [1.54, 1.807) is 24.3 Å². The summed E-state index contributed by atoms with van der Waals surface area (Å²) in [6.45, 7) is 0.245. The Balaban J connectivity index is 1.77. The molecule has 1 saturated heterocycles. The van der Waals surface area contributed by atoms with E-state index in [4.69, 9.17) is 26.3 Å². The number of amides is 1. The summed E-state index contributed by atoms with van der Waals surface area (Å²) in [7, 11) is -4.04. The molecule has 8 nitrogen and oxygen atoms in total. The fourth-order valence-corrected chi connectivity index (χ4v) is 4.36. The summed E-state index contributed by atoms with van der Waals surface area (Å²) < 4.78 is 38.8. The van der Waals surface area contributed by atoms with Crippen LogP contribution in [0.25, 0.3) is 0 Å². The van der Waals surface area contributed by atoms with Crippen LogP contribution in [0.1, 0.15) is 12.8 Å². The highest BCUT2D eigenvalue weighted by atomic mass is 35.5. The first kappa shape index (κ1) is 20.6. The van der Waals surface area contributed by atoms with Gasteiger partial charge in [0.1, 0.15) is 17.0 Å². The van der Waals surface area contributed by atoms with Crippen molar-refractivity contribution in [3.05, 3.63) is 53.6 Å². The van der Waals surface area contributed by atoms with Crippen LogP contribution in [0.4, 0.5) is 0 Å². The highest BCUT2D eigenvalue weighted by Crippen LogP contribution is 2.26. The molecule has 0 aliphatic carbocycles. The minimum atomic E-state index is -4.04. The molecule has 1 fully saturated rings. The highest BCUT2D eigenvalue weighted by molar-refractivity contribution is 7.89. The van der Waals surface area contributed by atoms with Crippen LogP contribution in [0.2, 0.25) is 5.02 Å². The quantitative estimate of drug-likeness (QED) is 0.483. The molecule has 28 heavy (non-hydrogen) atoms. The first-order chi connectivity index (χ1) is 13.3. The van der Waals surface area contributed by atoms with Crippen LogP contribution in [0, 0.1) is 0 Å². The number of ether oxygens (including phenoxy) is 2. The van der Waals surface area contributed by atoms with Crippen molar-refractivity contribution in [2.75, 3.05) is 13.2 Å². The SMILES string of the molecule is O=C(NO)[C@@]1(NS(=O)(=O)c2ccc(Oc3ccc(Cl)cc3)cc2)CCCOC1. The average molecular weight is 427 g/mol. The molecule has 1 heterocycles. The molecule has 150 valence electrons. The van der Waals surface area contributed by atoms with Gasteiger partial charge in [-0.25, -0.2) is 13.9 Å². The zero-order valence-electron chi connectivity index (χ0n) is 14.7. The molecule has 0 spiro atoms. The average Bonchev–Trinajstić information content (AvgIpc) is 2.70. The van der Waals surface area contributed by atoms with E-state index in [2.05, 4.69) is 4.72 Å². The number of halogens is 1. The van der Waals surface area contributed by atoms with Crippen molar-refractivity contribution < 1.29 is 27.9 Å². The monoisotopic (exact) mass is 426 g/mol. The first-order valence-electron chi connectivity index (χ1n) is 8.44. The van der Waals surface area contributed by atoms with Crippen molar-refractivity contribution >= 4 is 27.5 Å². The summed E-state index contributed by atoms with van der Waals surface area (Å²) in [5.41, 5.74) is -0.0505. The fourth-order valence-electron chi connectivity index (χ4n) is 2.85. The largest absolute Gasteiger partial charge is 0.457 e. The molecule has 3 rings (SSSR count). The summed E-state index contributed by atoms with van der Waals surface area (Å²) in [5.74, 6) is 0.125. The van der Waals surface area contributed by atoms with Gasteiger partial charge in [-0.2, -0.15) is 4.72 Å². The number of rotatable bonds is 6. The smallest absolute Gasteiger partial charge is 0.267 e. The molecule has 2 aromatic rings. The summed E-state index contributed by atoms with van der Waals surface area (Å²) >= 11 is 5.83. The molecule has 1 atom stereocenters. The molecule has 0 saturated carbocycles. The van der Waals surface area contributed by atoms with E-state index in [1.807, 2.05) is 0 Å². The lowest BCUT2D eigenvalue weighted by Crippen LogP contribution is -2.62. The summed E-state index contributed by atoms with van der Waals surface area (Å²) in [6.07, 6.45) is 0.681. The first-order valence-corrected chi connectivity index (χ1v) is 10.3. The van der Waals surface area contributed by atoms with E-state index in [0.717, 1.165) is 0 Å². The molecule has 1 amide bonds. The Bertz CT molecular complexity index is 926. The van der Waals surface area contributed by atoms with Gasteiger partial charge in [-0.3, -0.25) is 10.0 Å². The van der Waals surface area contributed by atoms with Gasteiger partial charge in [-0.1, -0.05) is 11.6 Å². The third-order valence-corrected chi connectivity index (χ3v) is 6.09. The molecule has 0 aromatic heterocycles. The number of nitrogens with one attached hydrogen (secondary N) is 2. The van der Waals surface area contributed by atoms with Gasteiger partial charge in [0.05, 0.1) is 11.5 Å². The van der Waals surface area contributed by atoms with Gasteiger partial charge in [0, 0.05) is 11.6 Å². The molecule has 2 aromatic carbocycles. The fraction of sp³-hybridized carbons (Fsp3) is 0.278. The standard InChI is InChI=1S/C18H19ClN2O6S/c19-13-2-4-14(5-3-13)27-15-6-8-16(9-7-15)28(24,25)21-18(17(22)20-23)10-1-11-26-12-18/h2-9,21,23H,1,10-12H2,(H,20,22)/t18-/m1/s1. The second kappa shape index (κ2) is 8.46. The van der Waals surface area contributed by atoms with Gasteiger partial charge in [0.15, 0.2) is 0 Å². The van der Waals surface area contributed by atoms with Gasteiger partial charge in [-0.05, 0) is 61.4 Å². The third-order valence-electron chi connectivity index (χ3n) is 4.29. The predicted molar refractivity (Wildman–Crippen MR) is 101 cm³/mol. The van der Waals surface area contributed by atoms with E-state index in [1.165, 1.54) is 29.7 Å². The van der Waals surface area contributed by atoms with Crippen molar-refractivity contribution in [2.45, 2.75) is 23.3 Å². The van der Waals surface area contributed by atoms with Crippen molar-refractivity contribution in [3.8, 4) is 11.5 Å². The molecule has 0 bridgehead atoms. The zero-order valence-corrected chi connectivity index (χ0v) is 16.3. The number of carbonyl (C=O) groups is 1. The Hall–Kier alpha value is -2.17. The van der Waals surface area contributed by atoms with Crippen LogP contribution in [0.15, 0.2) is 53.4 Å². The topological polar surface area (TPSA) is 114 Å². The van der Waals surface area contributed by atoms with Crippen molar-refractivity contribution in [1.82, 2.24) is 10.2 Å². The number of sulfonamides is 1. The van der Waals surface area contributed by atoms with Crippen LogP contribution < -0.4 is 14.9 Å². The Kier molecular flexibility index (Phi) is 6.21. The molecule has 3 N–H and O–H groups in total. The number of hydrogen-bond acceptors (Lipinski definition) is 6. The molecule has 0 radical (unpaired) electrons. The normalized spacial score (nSPS) is 19.8. The predicted octanol–water partition coefficient (Wildman–Crippen LogP) is 2.47. The highest BCUT2D eigenvalue weighted by Gasteiger charge is 2.44. The molecule has 0 unspecified atom stereocenters. The van der Waals surface area contributed by atoms with Crippen LogP contribution in [0.3, 0.4) is 0 Å². The lowest BCUT2D eigenvalue weighted by atomic mass is 9.93. The van der Waals surface area contributed by atoms with E-state index < -0.39 is 21.5 Å². The minimum Gasteiger partial charge on any atom is -0.457 e. The van der Waals surface area contributed by atoms with Gasteiger partial charge in [-0.15, -0.1) is 0 Å². The number of benzene rings is 2. The van der Waals surface area contributed by atoms with Gasteiger partial charge >= 0.3 is 0 Å². The summed E-state index contributed by atoms with van der Waals surface area (Å²) in [6, 6.07) is 12.5. The third kappa shape index (κ3) is 4.62. The number of hydroxylamine groups is 1. The van der Waals surface area contributed by atoms with E-state index >= 15 is 0 Å². The second-order valence-corrected chi connectivity index (χ2v) is 8.43. The summed E-state index contributed by atoms with van der Waals surface area (Å²) in [5, 5.41) is 9.57. The Labute approximate surface area is 167 Å². The second-order valence-electron chi connectivity index (χ2n) is 6.31. The maximum atomic E-state index is 12.7. The van der Waals surface area contributed by atoms with E-state index in [0.29, 0.717) is 29.5 Å². The Morgan fingerprint density at radius 1 is 1.11 bits per heavy atom. The number of hydrogen-bond donors (Lipinski definition) is 3. The number of carbonyl (C=O) groups excluding carboxylic acids is 1. The van der Waals surface area contributed by atoms with Crippen LogP contribution in [-0.4, -0.2) is 38.3 Å². The molecular formula is C18H19ClN2O6S. The Morgan fingerprint density at radius 3 is 2.25 bits per heavy atom. The van der Waals surface area contributed by atoms with Crippen LogP contribution in [0.5, 0.6) is 11.5 Å². The van der Waals surface area contributed by atoms with Crippen LogP contribution >= 0.6 is 11.6 Å². The maximum Gasteiger partial charge on any atom is 0.267 e.